The smallest absolute Gasteiger partial charge is 0.280 e. The SMILES string of the molecule is O=C(NCC1(c2ccccc2)CCCO1)c1nc2cnccc2s1. The van der Waals surface area contributed by atoms with Crippen LogP contribution in [0, 0.1) is 0 Å². The van der Waals surface area contributed by atoms with Crippen molar-refractivity contribution in [2.24, 2.45) is 0 Å². The number of carbonyl (C=O) groups excluding carboxylic acids is 1. The highest BCUT2D eigenvalue weighted by molar-refractivity contribution is 7.20. The number of amides is 1. The first-order chi connectivity index (χ1) is 11.8. The van der Waals surface area contributed by atoms with Gasteiger partial charge in [0.15, 0.2) is 5.01 Å². The van der Waals surface area contributed by atoms with Crippen molar-refractivity contribution < 1.29 is 9.53 Å². The van der Waals surface area contributed by atoms with Crippen LogP contribution in [0.15, 0.2) is 48.8 Å². The van der Waals surface area contributed by atoms with E-state index in [-0.39, 0.29) is 5.91 Å². The molecule has 3 aromatic rings. The molecule has 4 rings (SSSR count). The van der Waals surface area contributed by atoms with E-state index in [9.17, 15) is 4.79 Å². The van der Waals surface area contributed by atoms with E-state index in [0.29, 0.717) is 11.6 Å². The molecule has 1 unspecified atom stereocenters. The number of benzene rings is 1. The Balaban J connectivity index is 1.53. The van der Waals surface area contributed by atoms with E-state index in [1.807, 2.05) is 24.3 Å². The summed E-state index contributed by atoms with van der Waals surface area (Å²) in [6, 6.07) is 12.0. The molecule has 5 nitrogen and oxygen atoms in total. The van der Waals surface area contributed by atoms with E-state index in [1.165, 1.54) is 11.3 Å². The van der Waals surface area contributed by atoms with E-state index in [4.69, 9.17) is 4.74 Å². The molecular weight excluding hydrogens is 322 g/mol. The quantitative estimate of drug-likeness (QED) is 0.793. The van der Waals surface area contributed by atoms with Gasteiger partial charge in [0.25, 0.3) is 5.91 Å². The summed E-state index contributed by atoms with van der Waals surface area (Å²) in [7, 11) is 0. The number of carbonyl (C=O) groups is 1. The highest BCUT2D eigenvalue weighted by Crippen LogP contribution is 2.35. The van der Waals surface area contributed by atoms with Crippen molar-refractivity contribution in [2.75, 3.05) is 13.2 Å². The van der Waals surface area contributed by atoms with Crippen LogP contribution in [0.1, 0.15) is 28.2 Å². The zero-order valence-electron chi connectivity index (χ0n) is 13.1. The van der Waals surface area contributed by atoms with Gasteiger partial charge in [-0.05, 0) is 24.5 Å². The molecule has 0 saturated carbocycles. The van der Waals surface area contributed by atoms with Crippen molar-refractivity contribution >= 4 is 27.5 Å². The Morgan fingerprint density at radius 1 is 1.29 bits per heavy atom. The normalized spacial score (nSPS) is 20.3. The zero-order chi connectivity index (χ0) is 16.4. The molecular formula is C18H17N3O2S. The zero-order valence-corrected chi connectivity index (χ0v) is 13.9. The predicted molar refractivity (Wildman–Crippen MR) is 93.1 cm³/mol. The van der Waals surface area contributed by atoms with Gasteiger partial charge in [-0.25, -0.2) is 4.98 Å². The van der Waals surface area contributed by atoms with Gasteiger partial charge in [0, 0.05) is 12.8 Å². The van der Waals surface area contributed by atoms with Crippen molar-refractivity contribution in [1.82, 2.24) is 15.3 Å². The molecule has 0 aliphatic carbocycles. The van der Waals surface area contributed by atoms with Crippen molar-refractivity contribution in [3.05, 3.63) is 59.4 Å². The van der Waals surface area contributed by atoms with Gasteiger partial charge in [-0.2, -0.15) is 0 Å². The first kappa shape index (κ1) is 15.2. The van der Waals surface area contributed by atoms with Crippen molar-refractivity contribution in [3.63, 3.8) is 0 Å². The summed E-state index contributed by atoms with van der Waals surface area (Å²) in [4.78, 5) is 20.9. The fourth-order valence-electron chi connectivity index (χ4n) is 3.08. The highest BCUT2D eigenvalue weighted by atomic mass is 32.1. The largest absolute Gasteiger partial charge is 0.368 e. The Kier molecular flexibility index (Phi) is 4.00. The third-order valence-electron chi connectivity index (χ3n) is 4.32. The minimum atomic E-state index is -0.435. The number of nitrogens with one attached hydrogen (secondary N) is 1. The minimum absolute atomic E-state index is 0.165. The molecule has 1 atom stereocenters. The molecule has 1 saturated heterocycles. The van der Waals surface area contributed by atoms with Gasteiger partial charge >= 0.3 is 0 Å². The van der Waals surface area contributed by atoms with E-state index < -0.39 is 5.60 Å². The summed E-state index contributed by atoms with van der Waals surface area (Å²) in [5.74, 6) is -0.165. The summed E-state index contributed by atoms with van der Waals surface area (Å²) in [6.07, 6.45) is 5.28. The number of nitrogens with zero attached hydrogens (tertiary/aromatic N) is 2. The highest BCUT2D eigenvalue weighted by Gasteiger charge is 2.37. The fraction of sp³-hybridized carbons (Fsp3) is 0.278. The molecule has 1 amide bonds. The summed E-state index contributed by atoms with van der Waals surface area (Å²) in [6.45, 7) is 1.17. The van der Waals surface area contributed by atoms with Crippen molar-refractivity contribution in [3.8, 4) is 0 Å². The van der Waals surface area contributed by atoms with E-state index in [0.717, 1.165) is 35.2 Å². The summed E-state index contributed by atoms with van der Waals surface area (Å²) >= 11 is 1.38. The Labute approximate surface area is 143 Å². The third kappa shape index (κ3) is 2.79. The number of hydrogen-bond acceptors (Lipinski definition) is 5. The molecule has 1 aliphatic heterocycles. The Hall–Kier alpha value is -2.31. The van der Waals surface area contributed by atoms with Crippen LogP contribution in [-0.2, 0) is 10.3 Å². The molecule has 3 heterocycles. The number of pyridine rings is 1. The van der Waals surface area contributed by atoms with E-state index in [2.05, 4.69) is 27.4 Å². The van der Waals surface area contributed by atoms with Gasteiger partial charge in [0.1, 0.15) is 11.1 Å². The first-order valence-corrected chi connectivity index (χ1v) is 8.77. The third-order valence-corrected chi connectivity index (χ3v) is 5.36. The van der Waals surface area contributed by atoms with Crippen LogP contribution in [0.4, 0.5) is 0 Å². The lowest BCUT2D eigenvalue weighted by molar-refractivity contribution is 0.00135. The molecule has 24 heavy (non-hydrogen) atoms. The number of aromatic nitrogens is 2. The molecule has 2 aromatic heterocycles. The maximum atomic E-state index is 12.5. The Bertz CT molecular complexity index is 824. The van der Waals surface area contributed by atoms with E-state index in [1.54, 1.807) is 12.4 Å². The molecule has 1 N–H and O–H groups in total. The average Bonchev–Trinajstić information content (AvgIpc) is 3.28. The van der Waals surface area contributed by atoms with Crippen LogP contribution in [0.3, 0.4) is 0 Å². The summed E-state index contributed by atoms with van der Waals surface area (Å²) in [5.41, 5.74) is 1.42. The van der Waals surface area contributed by atoms with Gasteiger partial charge < -0.3 is 10.1 Å². The summed E-state index contributed by atoms with van der Waals surface area (Å²) < 4.78 is 6.99. The second-order valence-corrected chi connectivity index (χ2v) is 6.89. The van der Waals surface area contributed by atoms with Crippen LogP contribution in [0.2, 0.25) is 0 Å². The molecule has 0 radical (unpaired) electrons. The van der Waals surface area contributed by atoms with Crippen LogP contribution >= 0.6 is 11.3 Å². The van der Waals surface area contributed by atoms with Crippen LogP contribution in [0.25, 0.3) is 10.2 Å². The lowest BCUT2D eigenvalue weighted by Gasteiger charge is -2.29. The number of hydrogen-bond donors (Lipinski definition) is 1. The minimum Gasteiger partial charge on any atom is -0.368 e. The average molecular weight is 339 g/mol. The number of ether oxygens (including phenoxy) is 1. The lowest BCUT2D eigenvalue weighted by Crippen LogP contribution is -2.40. The molecule has 122 valence electrons. The second-order valence-electron chi connectivity index (χ2n) is 5.86. The topological polar surface area (TPSA) is 64.1 Å². The molecule has 1 aliphatic rings. The molecule has 1 fully saturated rings. The summed E-state index contributed by atoms with van der Waals surface area (Å²) in [5, 5.41) is 3.46. The maximum Gasteiger partial charge on any atom is 0.280 e. The van der Waals surface area contributed by atoms with Gasteiger partial charge in [-0.15, -0.1) is 11.3 Å². The van der Waals surface area contributed by atoms with Crippen molar-refractivity contribution in [2.45, 2.75) is 18.4 Å². The second kappa shape index (κ2) is 6.30. The standard InChI is InChI=1S/C18H17N3O2S/c22-16(17-21-14-11-19-9-7-15(14)24-17)20-12-18(8-4-10-23-18)13-5-2-1-3-6-13/h1-3,5-7,9,11H,4,8,10,12H2,(H,20,22). The Morgan fingerprint density at radius 2 is 2.17 bits per heavy atom. The molecule has 0 bridgehead atoms. The predicted octanol–water partition coefficient (Wildman–Crippen LogP) is 3.13. The lowest BCUT2D eigenvalue weighted by atomic mass is 9.90. The fourth-order valence-corrected chi connectivity index (χ4v) is 3.93. The van der Waals surface area contributed by atoms with Crippen LogP contribution in [0.5, 0.6) is 0 Å². The van der Waals surface area contributed by atoms with E-state index >= 15 is 0 Å². The number of rotatable bonds is 4. The Morgan fingerprint density at radius 3 is 2.92 bits per heavy atom. The van der Waals surface area contributed by atoms with Gasteiger partial charge in [0.05, 0.1) is 17.4 Å². The van der Waals surface area contributed by atoms with Crippen LogP contribution in [-0.4, -0.2) is 29.0 Å². The maximum absolute atomic E-state index is 12.5. The molecule has 1 aromatic carbocycles. The van der Waals surface area contributed by atoms with Crippen LogP contribution < -0.4 is 5.32 Å². The first-order valence-electron chi connectivity index (χ1n) is 7.95. The van der Waals surface area contributed by atoms with Crippen molar-refractivity contribution in [1.29, 1.82) is 0 Å². The van der Waals surface area contributed by atoms with Gasteiger partial charge in [-0.3, -0.25) is 9.78 Å². The van der Waals surface area contributed by atoms with Gasteiger partial charge in [0.2, 0.25) is 0 Å². The van der Waals surface area contributed by atoms with Gasteiger partial charge in [-0.1, -0.05) is 30.3 Å². The molecule has 0 spiro atoms. The molecule has 6 heteroatoms. The number of fused-ring (bicyclic) bond motifs is 1. The number of thiazole rings is 1. The monoisotopic (exact) mass is 339 g/mol.